The van der Waals surface area contributed by atoms with E-state index in [0.717, 1.165) is 0 Å². The van der Waals surface area contributed by atoms with E-state index in [1.54, 1.807) is 38.1 Å². The molecule has 0 aliphatic carbocycles. The Morgan fingerprint density at radius 3 is 2.16 bits per heavy atom. The van der Waals surface area contributed by atoms with Crippen LogP contribution in [0.5, 0.6) is 11.5 Å². The predicted octanol–water partition coefficient (Wildman–Crippen LogP) is 2.87. The van der Waals surface area contributed by atoms with Crippen molar-refractivity contribution in [2.45, 2.75) is 20.3 Å². The minimum Gasteiger partial charge on any atom is -0.507 e. The highest BCUT2D eigenvalue weighted by molar-refractivity contribution is 7.66. The Bertz CT molecular complexity index is 679. The highest BCUT2D eigenvalue weighted by Gasteiger charge is 2.29. The number of aromatic hydroxyl groups is 2. The molecule has 2 aromatic rings. The first-order valence-electron chi connectivity index (χ1n) is 6.15. The van der Waals surface area contributed by atoms with Crippen LogP contribution in [-0.2, 0) is 4.57 Å². The van der Waals surface area contributed by atoms with Gasteiger partial charge in [0.15, 0.2) is 0 Å². The summed E-state index contributed by atoms with van der Waals surface area (Å²) in [5, 5.41) is 21.3. The van der Waals surface area contributed by atoms with Crippen molar-refractivity contribution >= 4 is 23.4 Å². The summed E-state index contributed by atoms with van der Waals surface area (Å²) in [6.45, 7) is 3.35. The van der Waals surface area contributed by atoms with Gasteiger partial charge in [0.2, 0.25) is 7.37 Å². The molecule has 1 atom stereocenters. The Morgan fingerprint density at radius 1 is 1.11 bits per heavy atom. The fraction of sp³-hybridized carbons (Fsp3) is 0.286. The Hall–Kier alpha value is -1.51. The molecule has 0 saturated carbocycles. The summed E-state index contributed by atoms with van der Waals surface area (Å²) in [5.74, 6) is -0.251. The second kappa shape index (κ2) is 4.87. The van der Waals surface area contributed by atoms with Gasteiger partial charge in [0.05, 0.1) is 5.30 Å². The summed E-state index contributed by atoms with van der Waals surface area (Å²) in [5.41, 5.74) is 0.274. The standard InChI is InChI=1S/C14H17O4P/c1-3-8-19(17,18)14-9(2)12(15)10-6-4-5-7-11(10)13(14)16/h4-7,15-16H,3,8H2,1-2H3,(H,17,18). The molecule has 4 nitrogen and oxygen atoms in total. The molecule has 1 unspecified atom stereocenters. The highest BCUT2D eigenvalue weighted by atomic mass is 31.2. The number of hydrogen-bond acceptors (Lipinski definition) is 3. The van der Waals surface area contributed by atoms with Crippen LogP contribution >= 0.6 is 7.37 Å². The molecule has 0 aliphatic rings. The first kappa shape index (κ1) is 13.9. The SMILES string of the molecule is CCCP(=O)(O)c1c(C)c(O)c2ccccc2c1O. The molecule has 0 heterocycles. The quantitative estimate of drug-likeness (QED) is 0.596. The van der Waals surface area contributed by atoms with E-state index in [0.29, 0.717) is 17.2 Å². The van der Waals surface area contributed by atoms with E-state index in [1.807, 2.05) is 0 Å². The van der Waals surface area contributed by atoms with Gasteiger partial charge in [-0.05, 0) is 13.3 Å². The average Bonchev–Trinajstić information content (AvgIpc) is 2.36. The van der Waals surface area contributed by atoms with Crippen molar-refractivity contribution in [1.29, 1.82) is 0 Å². The third-order valence-electron chi connectivity index (χ3n) is 3.25. The molecule has 0 saturated heterocycles. The Morgan fingerprint density at radius 2 is 1.63 bits per heavy atom. The Balaban J connectivity index is 2.86. The van der Waals surface area contributed by atoms with Crippen molar-refractivity contribution in [3.05, 3.63) is 29.8 Å². The number of benzene rings is 2. The lowest BCUT2D eigenvalue weighted by Gasteiger charge is -2.18. The first-order chi connectivity index (χ1) is 8.90. The van der Waals surface area contributed by atoms with Gasteiger partial charge in [-0.3, -0.25) is 4.57 Å². The average molecular weight is 280 g/mol. The molecule has 0 bridgehead atoms. The number of rotatable bonds is 3. The van der Waals surface area contributed by atoms with E-state index in [4.69, 9.17) is 0 Å². The van der Waals surface area contributed by atoms with Gasteiger partial charge >= 0.3 is 0 Å². The molecule has 0 spiro atoms. The molecule has 0 aromatic heterocycles. The van der Waals surface area contributed by atoms with Crippen LogP contribution in [0.3, 0.4) is 0 Å². The molecule has 0 amide bonds. The molecule has 102 valence electrons. The van der Waals surface area contributed by atoms with Crippen molar-refractivity contribution in [3.63, 3.8) is 0 Å². The highest BCUT2D eigenvalue weighted by Crippen LogP contribution is 2.48. The van der Waals surface area contributed by atoms with Gasteiger partial charge < -0.3 is 15.1 Å². The maximum Gasteiger partial charge on any atom is 0.233 e. The maximum absolute atomic E-state index is 12.3. The van der Waals surface area contributed by atoms with E-state index in [2.05, 4.69) is 0 Å². The molecule has 0 fully saturated rings. The van der Waals surface area contributed by atoms with Crippen LogP contribution in [0.4, 0.5) is 0 Å². The summed E-state index contributed by atoms with van der Waals surface area (Å²) in [4.78, 5) is 10.1. The predicted molar refractivity (Wildman–Crippen MR) is 76.6 cm³/mol. The number of phenolic OH excluding ortho intramolecular Hbond substituents is 2. The van der Waals surface area contributed by atoms with Crippen LogP contribution in [0, 0.1) is 6.92 Å². The van der Waals surface area contributed by atoms with Gasteiger partial charge in [-0.2, -0.15) is 0 Å². The summed E-state index contributed by atoms with van der Waals surface area (Å²) < 4.78 is 12.3. The monoisotopic (exact) mass is 280 g/mol. The lowest BCUT2D eigenvalue weighted by atomic mass is 10.0. The van der Waals surface area contributed by atoms with E-state index >= 15 is 0 Å². The van der Waals surface area contributed by atoms with E-state index in [-0.39, 0.29) is 28.5 Å². The summed E-state index contributed by atoms with van der Waals surface area (Å²) in [6, 6.07) is 6.75. The molecule has 3 N–H and O–H groups in total. The van der Waals surface area contributed by atoms with Crippen LogP contribution < -0.4 is 5.30 Å². The van der Waals surface area contributed by atoms with Crippen molar-refractivity contribution in [2.24, 2.45) is 0 Å². The van der Waals surface area contributed by atoms with Gasteiger partial charge in [-0.15, -0.1) is 0 Å². The normalized spacial score (nSPS) is 14.5. The van der Waals surface area contributed by atoms with Crippen LogP contribution in [0.25, 0.3) is 10.8 Å². The van der Waals surface area contributed by atoms with Crippen molar-refractivity contribution in [1.82, 2.24) is 0 Å². The number of hydrogen-bond donors (Lipinski definition) is 3. The minimum atomic E-state index is -3.66. The molecule has 0 aliphatic heterocycles. The van der Waals surface area contributed by atoms with Gasteiger partial charge in [0.25, 0.3) is 0 Å². The molecule has 19 heavy (non-hydrogen) atoms. The van der Waals surface area contributed by atoms with Crippen LogP contribution in [-0.4, -0.2) is 21.3 Å². The van der Waals surface area contributed by atoms with Gasteiger partial charge in [0, 0.05) is 22.5 Å². The Kier molecular flexibility index (Phi) is 3.57. The molecule has 0 radical (unpaired) electrons. The summed E-state index contributed by atoms with van der Waals surface area (Å²) in [6.07, 6.45) is 0.611. The third-order valence-corrected chi connectivity index (χ3v) is 5.55. The van der Waals surface area contributed by atoms with Gasteiger partial charge in [-0.1, -0.05) is 31.2 Å². The largest absolute Gasteiger partial charge is 0.507 e. The summed E-state index contributed by atoms with van der Waals surface area (Å²) in [7, 11) is -3.66. The Labute approximate surface area is 111 Å². The van der Waals surface area contributed by atoms with Crippen molar-refractivity contribution in [3.8, 4) is 11.5 Å². The molecule has 2 rings (SSSR count). The van der Waals surface area contributed by atoms with Crippen LogP contribution in [0.2, 0.25) is 0 Å². The zero-order chi connectivity index (χ0) is 14.2. The fourth-order valence-electron chi connectivity index (χ4n) is 2.36. The second-order valence-electron chi connectivity index (χ2n) is 4.64. The number of phenols is 2. The van der Waals surface area contributed by atoms with Crippen molar-refractivity contribution in [2.75, 3.05) is 6.16 Å². The lowest BCUT2D eigenvalue weighted by molar-refractivity contribution is 0.461. The third kappa shape index (κ3) is 2.22. The van der Waals surface area contributed by atoms with Crippen LogP contribution in [0.15, 0.2) is 24.3 Å². The van der Waals surface area contributed by atoms with E-state index in [1.165, 1.54) is 0 Å². The van der Waals surface area contributed by atoms with Crippen LogP contribution in [0.1, 0.15) is 18.9 Å². The van der Waals surface area contributed by atoms with E-state index in [9.17, 15) is 19.7 Å². The van der Waals surface area contributed by atoms with Gasteiger partial charge in [0.1, 0.15) is 11.5 Å². The number of fused-ring (bicyclic) bond motifs is 1. The zero-order valence-corrected chi connectivity index (χ0v) is 11.8. The lowest BCUT2D eigenvalue weighted by Crippen LogP contribution is -2.12. The fourth-order valence-corrected chi connectivity index (χ4v) is 4.27. The molecular weight excluding hydrogens is 263 g/mol. The second-order valence-corrected chi connectivity index (χ2v) is 6.94. The molecular formula is C14H17O4P. The maximum atomic E-state index is 12.3. The topological polar surface area (TPSA) is 77.8 Å². The first-order valence-corrected chi connectivity index (χ1v) is 8.00. The molecule has 2 aromatic carbocycles. The van der Waals surface area contributed by atoms with Crippen molar-refractivity contribution < 1.29 is 19.7 Å². The summed E-state index contributed by atoms with van der Waals surface area (Å²) >= 11 is 0. The van der Waals surface area contributed by atoms with E-state index < -0.39 is 7.37 Å². The smallest absolute Gasteiger partial charge is 0.233 e. The zero-order valence-electron chi connectivity index (χ0n) is 10.9. The molecule has 5 heteroatoms. The van der Waals surface area contributed by atoms with Gasteiger partial charge in [-0.25, -0.2) is 0 Å². The minimum absolute atomic E-state index is 0.0226.